The van der Waals surface area contributed by atoms with Crippen LogP contribution in [0.25, 0.3) is 0 Å². The molecule has 0 bridgehead atoms. The van der Waals surface area contributed by atoms with E-state index in [0.29, 0.717) is 0 Å². The van der Waals surface area contributed by atoms with E-state index in [0.717, 1.165) is 19.3 Å². The molecule has 0 radical (unpaired) electrons. The normalized spacial score (nSPS) is 34.6. The molecule has 0 unspecified atom stereocenters. The number of hydrogen-bond acceptors (Lipinski definition) is 1. The predicted octanol–water partition coefficient (Wildman–Crippen LogP) is 2.68. The van der Waals surface area contributed by atoms with E-state index in [1.807, 2.05) is 6.92 Å². The van der Waals surface area contributed by atoms with Gasteiger partial charge in [0.05, 0.1) is 5.41 Å². The Labute approximate surface area is 74.0 Å². The standard InChI is InChI=1S/C10H18O2/c1-9(2)6-4-5-7-10(9,3)8(11)12/h4-7H2,1-3H3,(H,11,12)/t10-/m1/s1. The first-order valence-corrected chi connectivity index (χ1v) is 4.63. The summed E-state index contributed by atoms with van der Waals surface area (Å²) in [6.07, 6.45) is 4.10. The first-order valence-electron chi connectivity index (χ1n) is 4.63. The lowest BCUT2D eigenvalue weighted by atomic mass is 9.59. The van der Waals surface area contributed by atoms with Crippen LogP contribution in [0.3, 0.4) is 0 Å². The largest absolute Gasteiger partial charge is 0.481 e. The molecule has 0 aromatic rings. The predicted molar refractivity (Wildman–Crippen MR) is 48.0 cm³/mol. The van der Waals surface area contributed by atoms with Crippen molar-refractivity contribution in [3.8, 4) is 0 Å². The van der Waals surface area contributed by atoms with E-state index < -0.39 is 11.4 Å². The van der Waals surface area contributed by atoms with Gasteiger partial charge in [-0.3, -0.25) is 4.79 Å². The van der Waals surface area contributed by atoms with Gasteiger partial charge in [-0.05, 0) is 25.2 Å². The number of hydrogen-bond donors (Lipinski definition) is 1. The first kappa shape index (κ1) is 9.56. The third-order valence-electron chi connectivity index (χ3n) is 3.69. The van der Waals surface area contributed by atoms with Crippen molar-refractivity contribution in [2.45, 2.75) is 46.5 Å². The summed E-state index contributed by atoms with van der Waals surface area (Å²) in [5.41, 5.74) is -0.553. The van der Waals surface area contributed by atoms with Crippen molar-refractivity contribution in [1.29, 1.82) is 0 Å². The van der Waals surface area contributed by atoms with Crippen molar-refractivity contribution in [1.82, 2.24) is 0 Å². The van der Waals surface area contributed by atoms with Crippen LogP contribution in [-0.2, 0) is 4.79 Å². The Hall–Kier alpha value is -0.530. The van der Waals surface area contributed by atoms with Gasteiger partial charge < -0.3 is 5.11 Å². The van der Waals surface area contributed by atoms with Crippen LogP contribution >= 0.6 is 0 Å². The molecule has 1 saturated carbocycles. The molecule has 70 valence electrons. The maximum atomic E-state index is 11.1. The maximum Gasteiger partial charge on any atom is 0.309 e. The van der Waals surface area contributed by atoms with Gasteiger partial charge in [-0.15, -0.1) is 0 Å². The minimum atomic E-state index is -0.632. The zero-order chi connectivity index (χ0) is 9.41. The third-order valence-corrected chi connectivity index (χ3v) is 3.69. The molecule has 1 aliphatic rings. The fourth-order valence-electron chi connectivity index (χ4n) is 2.06. The number of carbonyl (C=O) groups is 1. The van der Waals surface area contributed by atoms with Gasteiger partial charge in [-0.25, -0.2) is 0 Å². The van der Waals surface area contributed by atoms with E-state index in [1.165, 1.54) is 6.42 Å². The van der Waals surface area contributed by atoms with Crippen LogP contribution in [0.4, 0.5) is 0 Å². The van der Waals surface area contributed by atoms with Gasteiger partial charge in [0, 0.05) is 0 Å². The Morgan fingerprint density at radius 1 is 1.17 bits per heavy atom. The van der Waals surface area contributed by atoms with Gasteiger partial charge in [0.15, 0.2) is 0 Å². The van der Waals surface area contributed by atoms with E-state index in [9.17, 15) is 4.79 Å². The molecule has 0 amide bonds. The van der Waals surface area contributed by atoms with Crippen molar-refractivity contribution >= 4 is 5.97 Å². The summed E-state index contributed by atoms with van der Waals surface area (Å²) in [6.45, 7) is 6.02. The second kappa shape index (κ2) is 2.75. The van der Waals surface area contributed by atoms with Gasteiger partial charge in [-0.1, -0.05) is 26.7 Å². The summed E-state index contributed by atoms with van der Waals surface area (Å²) in [5.74, 6) is -0.632. The number of aliphatic carboxylic acids is 1. The molecule has 1 fully saturated rings. The quantitative estimate of drug-likeness (QED) is 0.657. The van der Waals surface area contributed by atoms with Gasteiger partial charge in [0.2, 0.25) is 0 Å². The number of carboxylic acids is 1. The average molecular weight is 170 g/mol. The van der Waals surface area contributed by atoms with Crippen LogP contribution in [-0.4, -0.2) is 11.1 Å². The molecule has 0 spiro atoms. The van der Waals surface area contributed by atoms with Crippen LogP contribution < -0.4 is 0 Å². The molecular weight excluding hydrogens is 152 g/mol. The second-order valence-corrected chi connectivity index (χ2v) is 4.73. The highest BCUT2D eigenvalue weighted by atomic mass is 16.4. The number of rotatable bonds is 1. The van der Waals surface area contributed by atoms with Crippen molar-refractivity contribution in [2.75, 3.05) is 0 Å². The third kappa shape index (κ3) is 1.23. The highest BCUT2D eigenvalue weighted by Crippen LogP contribution is 2.50. The Kier molecular flexibility index (Phi) is 2.19. The summed E-state index contributed by atoms with van der Waals surface area (Å²) < 4.78 is 0. The first-order chi connectivity index (χ1) is 5.40. The highest BCUT2D eigenvalue weighted by molar-refractivity contribution is 5.75. The van der Waals surface area contributed by atoms with E-state index in [1.54, 1.807) is 0 Å². The van der Waals surface area contributed by atoms with Crippen LogP contribution in [0.2, 0.25) is 0 Å². The van der Waals surface area contributed by atoms with Crippen molar-refractivity contribution in [3.05, 3.63) is 0 Å². The Balaban J connectivity index is 2.91. The molecule has 0 saturated heterocycles. The Bertz CT molecular complexity index is 196. The van der Waals surface area contributed by atoms with Crippen LogP contribution in [0, 0.1) is 10.8 Å². The SMILES string of the molecule is CC1(C)CCCC[C@]1(C)C(=O)O. The molecule has 0 heterocycles. The van der Waals surface area contributed by atoms with Gasteiger partial charge in [-0.2, -0.15) is 0 Å². The Morgan fingerprint density at radius 2 is 1.67 bits per heavy atom. The molecular formula is C10H18O2. The lowest BCUT2D eigenvalue weighted by molar-refractivity contribution is -0.158. The Morgan fingerprint density at radius 3 is 2.00 bits per heavy atom. The summed E-state index contributed by atoms with van der Waals surface area (Å²) in [4.78, 5) is 11.1. The molecule has 0 aromatic carbocycles. The van der Waals surface area contributed by atoms with E-state index in [4.69, 9.17) is 5.11 Å². The van der Waals surface area contributed by atoms with Gasteiger partial charge in [0.25, 0.3) is 0 Å². The lowest BCUT2D eigenvalue weighted by Gasteiger charge is -2.44. The molecule has 12 heavy (non-hydrogen) atoms. The molecule has 2 heteroatoms. The van der Waals surface area contributed by atoms with Crippen LogP contribution in [0.15, 0.2) is 0 Å². The van der Waals surface area contributed by atoms with E-state index in [2.05, 4.69) is 13.8 Å². The zero-order valence-corrected chi connectivity index (χ0v) is 8.18. The fourth-order valence-corrected chi connectivity index (χ4v) is 2.06. The lowest BCUT2D eigenvalue weighted by Crippen LogP contribution is -2.44. The van der Waals surface area contributed by atoms with Gasteiger partial charge >= 0.3 is 5.97 Å². The smallest absolute Gasteiger partial charge is 0.309 e. The maximum absolute atomic E-state index is 11.1. The van der Waals surface area contributed by atoms with Crippen molar-refractivity contribution in [2.24, 2.45) is 10.8 Å². The molecule has 1 aliphatic carbocycles. The number of carboxylic acid groups (broad SMARTS) is 1. The molecule has 1 atom stereocenters. The fraction of sp³-hybridized carbons (Fsp3) is 0.900. The van der Waals surface area contributed by atoms with Crippen molar-refractivity contribution < 1.29 is 9.90 Å². The average Bonchev–Trinajstić information content (AvgIpc) is 1.95. The summed E-state index contributed by atoms with van der Waals surface area (Å²) in [7, 11) is 0. The van der Waals surface area contributed by atoms with E-state index in [-0.39, 0.29) is 5.41 Å². The van der Waals surface area contributed by atoms with Gasteiger partial charge in [0.1, 0.15) is 0 Å². The molecule has 2 nitrogen and oxygen atoms in total. The summed E-state index contributed by atoms with van der Waals surface area (Å²) in [6, 6.07) is 0. The molecule has 0 aliphatic heterocycles. The topological polar surface area (TPSA) is 37.3 Å². The van der Waals surface area contributed by atoms with E-state index >= 15 is 0 Å². The molecule has 1 rings (SSSR count). The minimum Gasteiger partial charge on any atom is -0.481 e. The summed E-state index contributed by atoms with van der Waals surface area (Å²) in [5, 5.41) is 9.13. The highest BCUT2D eigenvalue weighted by Gasteiger charge is 2.48. The second-order valence-electron chi connectivity index (χ2n) is 4.73. The molecule has 0 aromatic heterocycles. The van der Waals surface area contributed by atoms with Crippen LogP contribution in [0.1, 0.15) is 46.5 Å². The monoisotopic (exact) mass is 170 g/mol. The van der Waals surface area contributed by atoms with Crippen LogP contribution in [0.5, 0.6) is 0 Å². The minimum absolute atomic E-state index is 0.0446. The van der Waals surface area contributed by atoms with Crippen molar-refractivity contribution in [3.63, 3.8) is 0 Å². The molecule has 1 N–H and O–H groups in total. The summed E-state index contributed by atoms with van der Waals surface area (Å²) >= 11 is 0. The zero-order valence-electron chi connectivity index (χ0n) is 8.18.